The first-order chi connectivity index (χ1) is 11.8. The van der Waals surface area contributed by atoms with Crippen LogP contribution in [0.3, 0.4) is 0 Å². The number of thiophene rings is 2. The second-order valence-corrected chi connectivity index (χ2v) is 7.52. The van der Waals surface area contributed by atoms with Gasteiger partial charge in [-0.25, -0.2) is 4.98 Å². The third kappa shape index (κ3) is 4.03. The molecule has 3 rings (SSSR count). The van der Waals surface area contributed by atoms with E-state index in [2.05, 4.69) is 38.6 Å². The summed E-state index contributed by atoms with van der Waals surface area (Å²) >= 11 is 4.84. The Balaban J connectivity index is 1.52. The van der Waals surface area contributed by atoms with Gasteiger partial charge in [-0.15, -0.1) is 34.0 Å². The van der Waals surface area contributed by atoms with Crippen LogP contribution in [-0.2, 0) is 0 Å². The van der Waals surface area contributed by atoms with Gasteiger partial charge in [-0.05, 0) is 28.8 Å². The molecule has 0 unspecified atom stereocenters. The zero-order valence-electron chi connectivity index (χ0n) is 13.1. The van der Waals surface area contributed by atoms with Crippen molar-refractivity contribution in [2.75, 3.05) is 19.3 Å². The Morgan fingerprint density at radius 3 is 2.92 bits per heavy atom. The number of amidine groups is 1. The quantitative estimate of drug-likeness (QED) is 0.316. The lowest BCUT2D eigenvalue weighted by Gasteiger charge is -2.06. The second kappa shape index (κ2) is 8.11. The molecule has 0 saturated carbocycles. The van der Waals surface area contributed by atoms with Crippen molar-refractivity contribution in [1.82, 2.24) is 10.3 Å². The Kier molecular flexibility index (Phi) is 5.64. The first-order valence-electron chi connectivity index (χ1n) is 7.30. The molecule has 3 N–H and O–H groups in total. The number of nitrogens with two attached hydrogens (primary N) is 1. The van der Waals surface area contributed by atoms with Crippen LogP contribution in [0.4, 0.5) is 5.00 Å². The SMILES string of the molecule is CN=C(NCCC#Cc1csc(-c2cccs2)n1)c1ccsc1N. The van der Waals surface area contributed by atoms with Crippen LogP contribution in [0.1, 0.15) is 17.7 Å². The van der Waals surface area contributed by atoms with Crippen molar-refractivity contribution in [2.45, 2.75) is 6.42 Å². The van der Waals surface area contributed by atoms with Crippen LogP contribution in [0.15, 0.2) is 39.3 Å². The molecule has 0 fully saturated rings. The summed E-state index contributed by atoms with van der Waals surface area (Å²) in [6, 6.07) is 6.08. The molecule has 0 aliphatic carbocycles. The van der Waals surface area contributed by atoms with Gasteiger partial charge >= 0.3 is 0 Å². The van der Waals surface area contributed by atoms with Gasteiger partial charge in [-0.1, -0.05) is 12.0 Å². The van der Waals surface area contributed by atoms with Crippen LogP contribution in [0.2, 0.25) is 0 Å². The summed E-state index contributed by atoms with van der Waals surface area (Å²) in [6.07, 6.45) is 0.717. The van der Waals surface area contributed by atoms with E-state index < -0.39 is 0 Å². The van der Waals surface area contributed by atoms with Crippen molar-refractivity contribution in [2.24, 2.45) is 4.99 Å². The maximum absolute atomic E-state index is 5.93. The molecule has 0 aliphatic rings. The van der Waals surface area contributed by atoms with Crippen LogP contribution in [0.5, 0.6) is 0 Å². The molecule has 7 heteroatoms. The predicted octanol–water partition coefficient (Wildman–Crippen LogP) is 3.92. The molecule has 3 aromatic rings. The van der Waals surface area contributed by atoms with Crippen LogP contribution in [0, 0.1) is 11.8 Å². The third-order valence-corrected chi connectivity index (χ3v) is 5.80. The third-order valence-electron chi connectivity index (χ3n) is 3.17. The Morgan fingerprint density at radius 2 is 2.21 bits per heavy atom. The lowest BCUT2D eigenvalue weighted by Crippen LogP contribution is -2.25. The minimum Gasteiger partial charge on any atom is -0.390 e. The van der Waals surface area contributed by atoms with Crippen LogP contribution >= 0.6 is 34.0 Å². The Bertz CT molecular complexity index is 878. The summed E-state index contributed by atoms with van der Waals surface area (Å²) < 4.78 is 0. The molecule has 3 aromatic heterocycles. The lowest BCUT2D eigenvalue weighted by atomic mass is 10.3. The largest absolute Gasteiger partial charge is 0.390 e. The minimum atomic E-state index is 0.717. The summed E-state index contributed by atoms with van der Waals surface area (Å²) in [6.45, 7) is 0.719. The number of hydrogen-bond donors (Lipinski definition) is 2. The van der Waals surface area contributed by atoms with Gasteiger partial charge in [0.2, 0.25) is 0 Å². The molecule has 0 radical (unpaired) electrons. The van der Waals surface area contributed by atoms with E-state index in [1.54, 1.807) is 29.7 Å². The number of aliphatic imine (C=N–C) groups is 1. The first kappa shape index (κ1) is 16.7. The van der Waals surface area contributed by atoms with Crippen molar-refractivity contribution in [3.8, 4) is 21.7 Å². The van der Waals surface area contributed by atoms with Crippen molar-refractivity contribution in [3.05, 3.63) is 45.6 Å². The molecular formula is C17H16N4S3. The average Bonchev–Trinajstić information content (AvgIpc) is 3.32. The Hall–Kier alpha value is -2.14. The summed E-state index contributed by atoms with van der Waals surface area (Å²) in [7, 11) is 1.76. The summed E-state index contributed by atoms with van der Waals surface area (Å²) in [5.74, 6) is 7.08. The monoisotopic (exact) mass is 372 g/mol. The van der Waals surface area contributed by atoms with Gasteiger partial charge in [0.25, 0.3) is 0 Å². The molecule has 0 saturated heterocycles. The molecule has 122 valence electrons. The van der Waals surface area contributed by atoms with Gasteiger partial charge in [0.05, 0.1) is 15.4 Å². The molecule has 0 amide bonds. The molecule has 0 bridgehead atoms. The van der Waals surface area contributed by atoms with Gasteiger partial charge in [0.15, 0.2) is 0 Å². The summed E-state index contributed by atoms with van der Waals surface area (Å²) in [5, 5.41) is 11.1. The first-order valence-corrected chi connectivity index (χ1v) is 9.94. The number of anilines is 1. The molecule has 3 heterocycles. The molecule has 0 atom stereocenters. The van der Waals surface area contributed by atoms with E-state index in [1.165, 1.54) is 16.2 Å². The van der Waals surface area contributed by atoms with Gasteiger partial charge in [0, 0.05) is 25.4 Å². The highest BCUT2D eigenvalue weighted by atomic mass is 32.1. The number of aromatic nitrogens is 1. The Morgan fingerprint density at radius 1 is 1.29 bits per heavy atom. The van der Waals surface area contributed by atoms with Crippen LogP contribution < -0.4 is 11.1 Å². The fourth-order valence-electron chi connectivity index (χ4n) is 2.05. The van der Waals surface area contributed by atoms with Crippen LogP contribution in [0.25, 0.3) is 9.88 Å². The second-order valence-electron chi connectivity index (χ2n) is 4.76. The Labute approximate surface area is 153 Å². The number of rotatable bonds is 4. The number of nitrogens with zero attached hydrogens (tertiary/aromatic N) is 2. The van der Waals surface area contributed by atoms with Crippen molar-refractivity contribution < 1.29 is 0 Å². The highest BCUT2D eigenvalue weighted by Crippen LogP contribution is 2.27. The zero-order valence-corrected chi connectivity index (χ0v) is 15.5. The van der Waals surface area contributed by atoms with Crippen LogP contribution in [-0.4, -0.2) is 24.4 Å². The zero-order chi connectivity index (χ0) is 16.8. The van der Waals surface area contributed by atoms with E-state index in [0.29, 0.717) is 0 Å². The molecule has 0 spiro atoms. The van der Waals surface area contributed by atoms with E-state index in [1.807, 2.05) is 22.9 Å². The number of nitrogens with one attached hydrogen (secondary N) is 1. The topological polar surface area (TPSA) is 63.3 Å². The standard InChI is InChI=1S/C17H16N4S3/c1-19-16(13-7-10-23-15(13)18)20-8-3-2-5-12-11-24-17(21-12)14-6-4-9-22-14/h4,6-7,9-11H,3,8,18H2,1H3,(H,19,20). The highest BCUT2D eigenvalue weighted by Gasteiger charge is 2.07. The fraction of sp³-hybridized carbons (Fsp3) is 0.176. The van der Waals surface area contributed by atoms with E-state index in [4.69, 9.17) is 5.73 Å². The maximum atomic E-state index is 5.93. The number of thiazole rings is 1. The minimum absolute atomic E-state index is 0.717. The van der Waals surface area contributed by atoms with E-state index in [0.717, 1.165) is 40.1 Å². The smallest absolute Gasteiger partial charge is 0.134 e. The van der Waals surface area contributed by atoms with E-state index in [-0.39, 0.29) is 0 Å². The van der Waals surface area contributed by atoms with E-state index >= 15 is 0 Å². The van der Waals surface area contributed by atoms with Crippen molar-refractivity contribution >= 4 is 44.8 Å². The van der Waals surface area contributed by atoms with Crippen molar-refractivity contribution in [3.63, 3.8) is 0 Å². The van der Waals surface area contributed by atoms with E-state index in [9.17, 15) is 0 Å². The predicted molar refractivity (Wildman–Crippen MR) is 106 cm³/mol. The normalized spacial score (nSPS) is 11.1. The van der Waals surface area contributed by atoms with Gasteiger partial charge in [0.1, 0.15) is 16.5 Å². The fourth-order valence-corrected chi connectivity index (χ4v) is 4.26. The summed E-state index contributed by atoms with van der Waals surface area (Å²) in [5.41, 5.74) is 7.71. The molecule has 24 heavy (non-hydrogen) atoms. The van der Waals surface area contributed by atoms with Gasteiger partial charge in [-0.2, -0.15) is 0 Å². The summed E-state index contributed by atoms with van der Waals surface area (Å²) in [4.78, 5) is 9.99. The van der Waals surface area contributed by atoms with Gasteiger partial charge in [-0.3, -0.25) is 4.99 Å². The van der Waals surface area contributed by atoms with Crippen molar-refractivity contribution in [1.29, 1.82) is 0 Å². The lowest BCUT2D eigenvalue weighted by molar-refractivity contribution is 0.902. The average molecular weight is 373 g/mol. The molecule has 0 aliphatic heterocycles. The highest BCUT2D eigenvalue weighted by molar-refractivity contribution is 7.20. The molecule has 0 aromatic carbocycles. The number of nitrogen functional groups attached to an aromatic ring is 1. The molecule has 4 nitrogen and oxygen atoms in total. The van der Waals surface area contributed by atoms with Gasteiger partial charge < -0.3 is 11.1 Å². The number of hydrogen-bond acceptors (Lipinski definition) is 6. The molecular weight excluding hydrogens is 356 g/mol. The maximum Gasteiger partial charge on any atom is 0.134 e.